The lowest BCUT2D eigenvalue weighted by Crippen LogP contribution is -2.37. The molecule has 1 saturated carbocycles. The summed E-state index contributed by atoms with van der Waals surface area (Å²) in [5, 5.41) is 7.61. The average Bonchev–Trinajstić information content (AvgIpc) is 2.99. The van der Waals surface area contributed by atoms with Gasteiger partial charge in [-0.25, -0.2) is 0 Å². The number of fused-ring (bicyclic) bond motifs is 1. The van der Waals surface area contributed by atoms with Crippen molar-refractivity contribution in [3.63, 3.8) is 0 Å². The number of nitrogens with two attached hydrogens (primary N) is 1. The van der Waals surface area contributed by atoms with Gasteiger partial charge >= 0.3 is 0 Å². The van der Waals surface area contributed by atoms with Crippen molar-refractivity contribution in [2.24, 2.45) is 5.73 Å². The van der Waals surface area contributed by atoms with Crippen LogP contribution in [0.15, 0.2) is 10.5 Å². The summed E-state index contributed by atoms with van der Waals surface area (Å²) in [4.78, 5) is 0. The molecule has 0 spiro atoms. The van der Waals surface area contributed by atoms with Crippen LogP contribution in [0.2, 0.25) is 0 Å². The Bertz CT molecular complexity index is 561. The van der Waals surface area contributed by atoms with Gasteiger partial charge in [-0.2, -0.15) is 5.10 Å². The summed E-state index contributed by atoms with van der Waals surface area (Å²) in [7, 11) is 0. The molecule has 1 aliphatic carbocycles. The van der Waals surface area contributed by atoms with Gasteiger partial charge in [-0.05, 0) is 12.8 Å². The smallest absolute Gasteiger partial charge is 0.175 e. The van der Waals surface area contributed by atoms with Gasteiger partial charge in [-0.3, -0.25) is 5.10 Å². The van der Waals surface area contributed by atoms with Crippen molar-refractivity contribution in [3.05, 3.63) is 17.5 Å². The third-order valence-electron chi connectivity index (χ3n) is 4.55. The Morgan fingerprint density at radius 2 is 2.11 bits per heavy atom. The van der Waals surface area contributed by atoms with Crippen LogP contribution in [-0.2, 0) is 5.41 Å². The largest absolute Gasteiger partial charge is 0.457 e. The second kappa shape index (κ2) is 4.67. The van der Waals surface area contributed by atoms with Crippen molar-refractivity contribution in [1.82, 2.24) is 10.2 Å². The van der Waals surface area contributed by atoms with Gasteiger partial charge in [0.15, 0.2) is 5.58 Å². The minimum absolute atomic E-state index is 0.0408. The van der Waals surface area contributed by atoms with E-state index in [9.17, 15) is 0 Å². The molecule has 0 bridgehead atoms. The number of nitrogens with zero attached hydrogens (tertiary/aromatic N) is 1. The monoisotopic (exact) mass is 261 g/mol. The molecule has 4 nitrogen and oxygen atoms in total. The normalized spacial score (nSPS) is 19.4. The standard InChI is InChI=1S/C15H23N3O/c1-10(2)12-8-11-13(19-12)14(18-17-11)15(9-16)6-4-3-5-7-15/h8,10H,3-7,9,16H2,1-2H3,(H,17,18). The van der Waals surface area contributed by atoms with Crippen LogP contribution in [0.25, 0.3) is 11.1 Å². The Morgan fingerprint density at radius 1 is 1.37 bits per heavy atom. The van der Waals surface area contributed by atoms with Crippen molar-refractivity contribution >= 4 is 11.1 Å². The lowest BCUT2D eigenvalue weighted by atomic mass is 9.71. The first kappa shape index (κ1) is 12.7. The zero-order valence-corrected chi connectivity index (χ0v) is 11.8. The van der Waals surface area contributed by atoms with Crippen LogP contribution in [0.4, 0.5) is 0 Å². The van der Waals surface area contributed by atoms with E-state index in [2.05, 4.69) is 24.0 Å². The summed E-state index contributed by atoms with van der Waals surface area (Å²) in [6.45, 7) is 4.95. The highest BCUT2D eigenvalue weighted by Crippen LogP contribution is 2.41. The molecule has 2 aromatic rings. The minimum Gasteiger partial charge on any atom is -0.457 e. The molecule has 3 N–H and O–H groups in total. The Balaban J connectivity index is 2.07. The number of nitrogens with one attached hydrogen (secondary N) is 1. The summed E-state index contributed by atoms with van der Waals surface area (Å²) in [6, 6.07) is 2.05. The van der Waals surface area contributed by atoms with E-state index in [4.69, 9.17) is 10.2 Å². The fourth-order valence-electron chi connectivity index (χ4n) is 3.26. The molecule has 3 rings (SSSR count). The lowest BCUT2D eigenvalue weighted by molar-refractivity contribution is 0.292. The zero-order valence-electron chi connectivity index (χ0n) is 11.8. The summed E-state index contributed by atoms with van der Waals surface area (Å²) < 4.78 is 6.03. The van der Waals surface area contributed by atoms with Gasteiger partial charge < -0.3 is 10.2 Å². The summed E-state index contributed by atoms with van der Waals surface area (Å²) in [5.41, 5.74) is 9.13. The van der Waals surface area contributed by atoms with Crippen LogP contribution in [0.3, 0.4) is 0 Å². The highest BCUT2D eigenvalue weighted by molar-refractivity contribution is 5.77. The molecule has 0 aromatic carbocycles. The first-order valence-corrected chi connectivity index (χ1v) is 7.35. The number of hydrogen-bond donors (Lipinski definition) is 2. The topological polar surface area (TPSA) is 67.8 Å². The second-order valence-corrected chi connectivity index (χ2v) is 6.16. The number of hydrogen-bond acceptors (Lipinski definition) is 3. The summed E-state index contributed by atoms with van der Waals surface area (Å²) in [6.07, 6.45) is 6.08. The summed E-state index contributed by atoms with van der Waals surface area (Å²) in [5.74, 6) is 1.40. The van der Waals surface area contributed by atoms with E-state index < -0.39 is 0 Å². The van der Waals surface area contributed by atoms with Crippen LogP contribution in [0, 0.1) is 0 Å². The first-order valence-electron chi connectivity index (χ1n) is 7.35. The van der Waals surface area contributed by atoms with E-state index in [1.54, 1.807) is 0 Å². The molecule has 0 radical (unpaired) electrons. The van der Waals surface area contributed by atoms with Gasteiger partial charge in [0, 0.05) is 23.9 Å². The van der Waals surface area contributed by atoms with E-state index in [0.29, 0.717) is 12.5 Å². The molecule has 19 heavy (non-hydrogen) atoms. The predicted octanol–water partition coefficient (Wildman–Crippen LogP) is 3.44. The van der Waals surface area contributed by atoms with Crippen LogP contribution in [-0.4, -0.2) is 16.7 Å². The third kappa shape index (κ3) is 1.98. The SMILES string of the molecule is CC(C)c1cc2n[nH]c(C3(CN)CCCCC3)c2o1. The Morgan fingerprint density at radius 3 is 2.74 bits per heavy atom. The van der Waals surface area contributed by atoms with Gasteiger partial charge in [-0.15, -0.1) is 0 Å². The third-order valence-corrected chi connectivity index (χ3v) is 4.55. The molecular weight excluding hydrogens is 238 g/mol. The van der Waals surface area contributed by atoms with E-state index >= 15 is 0 Å². The fraction of sp³-hybridized carbons (Fsp3) is 0.667. The van der Waals surface area contributed by atoms with Crippen LogP contribution >= 0.6 is 0 Å². The lowest BCUT2D eigenvalue weighted by Gasteiger charge is -2.34. The van der Waals surface area contributed by atoms with Gasteiger partial charge in [-0.1, -0.05) is 33.1 Å². The molecule has 0 saturated heterocycles. The number of aromatic amines is 1. The van der Waals surface area contributed by atoms with Crippen LogP contribution in [0.5, 0.6) is 0 Å². The maximum atomic E-state index is 6.10. The molecule has 0 atom stereocenters. The first-order chi connectivity index (χ1) is 9.16. The van der Waals surface area contributed by atoms with Gasteiger partial charge in [0.25, 0.3) is 0 Å². The van der Waals surface area contributed by atoms with Crippen molar-refractivity contribution in [2.45, 2.75) is 57.3 Å². The number of aromatic nitrogens is 2. The van der Waals surface area contributed by atoms with Crippen molar-refractivity contribution in [1.29, 1.82) is 0 Å². The molecule has 0 aliphatic heterocycles. The highest BCUT2D eigenvalue weighted by atomic mass is 16.3. The van der Waals surface area contributed by atoms with Crippen molar-refractivity contribution in [3.8, 4) is 0 Å². The van der Waals surface area contributed by atoms with Gasteiger partial charge in [0.2, 0.25) is 0 Å². The quantitative estimate of drug-likeness (QED) is 0.889. The van der Waals surface area contributed by atoms with E-state index in [-0.39, 0.29) is 5.41 Å². The minimum atomic E-state index is 0.0408. The van der Waals surface area contributed by atoms with Crippen LogP contribution < -0.4 is 5.73 Å². The molecule has 104 valence electrons. The van der Waals surface area contributed by atoms with E-state index in [0.717, 1.165) is 35.4 Å². The Hall–Kier alpha value is -1.29. The van der Waals surface area contributed by atoms with Gasteiger partial charge in [0.05, 0.1) is 5.69 Å². The predicted molar refractivity (Wildman–Crippen MR) is 76.3 cm³/mol. The summed E-state index contributed by atoms with van der Waals surface area (Å²) >= 11 is 0. The molecular formula is C15H23N3O. The molecule has 1 aliphatic rings. The molecule has 1 fully saturated rings. The maximum Gasteiger partial charge on any atom is 0.175 e. The Labute approximate surface area is 113 Å². The second-order valence-electron chi connectivity index (χ2n) is 6.16. The van der Waals surface area contributed by atoms with Crippen molar-refractivity contribution < 1.29 is 4.42 Å². The Kier molecular flexibility index (Phi) is 3.13. The molecule has 2 heterocycles. The maximum absolute atomic E-state index is 6.10. The average molecular weight is 261 g/mol. The number of furan rings is 1. The zero-order chi connectivity index (χ0) is 13.5. The highest BCUT2D eigenvalue weighted by Gasteiger charge is 2.37. The van der Waals surface area contributed by atoms with Crippen molar-refractivity contribution in [2.75, 3.05) is 6.54 Å². The number of rotatable bonds is 3. The van der Waals surface area contributed by atoms with E-state index in [1.807, 2.05) is 6.07 Å². The van der Waals surface area contributed by atoms with Crippen LogP contribution in [0.1, 0.15) is 63.3 Å². The van der Waals surface area contributed by atoms with Gasteiger partial charge in [0.1, 0.15) is 11.3 Å². The number of H-pyrrole nitrogens is 1. The molecule has 0 amide bonds. The molecule has 2 aromatic heterocycles. The van der Waals surface area contributed by atoms with E-state index in [1.165, 1.54) is 19.3 Å². The molecule has 0 unspecified atom stereocenters. The molecule has 4 heteroatoms. The fourth-order valence-corrected chi connectivity index (χ4v) is 3.26.